The van der Waals surface area contributed by atoms with Crippen molar-refractivity contribution < 1.29 is 0 Å². The molecule has 0 bridgehead atoms. The van der Waals surface area contributed by atoms with Crippen LogP contribution in [0.1, 0.15) is 5.56 Å². The molecule has 6 heteroatoms. The summed E-state index contributed by atoms with van der Waals surface area (Å²) in [6.07, 6.45) is 1.03. The second-order valence-corrected chi connectivity index (χ2v) is 2.29. The molecule has 0 aliphatic rings. The molecule has 0 aromatic carbocycles. The average molecular weight is 169 g/mol. The first-order valence-corrected chi connectivity index (χ1v) is 3.21. The first-order chi connectivity index (χ1) is 5.15. The van der Waals surface area contributed by atoms with Crippen molar-refractivity contribution in [2.24, 2.45) is 0 Å². The van der Waals surface area contributed by atoms with Crippen molar-refractivity contribution in [1.82, 2.24) is 9.97 Å². The Kier molecular flexibility index (Phi) is 1.86. The van der Waals surface area contributed by atoms with Crippen molar-refractivity contribution in [3.63, 3.8) is 0 Å². The van der Waals surface area contributed by atoms with Gasteiger partial charge >= 0.3 is 0 Å². The van der Waals surface area contributed by atoms with Gasteiger partial charge in [-0.3, -0.25) is 0 Å². The molecule has 1 heterocycles. The van der Waals surface area contributed by atoms with E-state index in [0.29, 0.717) is 5.56 Å². The second-order valence-electron chi connectivity index (χ2n) is 1.90. The predicted molar refractivity (Wildman–Crippen MR) is 46.1 cm³/mol. The van der Waals surface area contributed by atoms with E-state index in [0.717, 1.165) is 6.21 Å². The third-order valence-corrected chi connectivity index (χ3v) is 1.37. The number of rotatable bonds is 1. The minimum absolute atomic E-state index is 0.182. The van der Waals surface area contributed by atoms with Crippen molar-refractivity contribution in [3.8, 4) is 0 Å². The zero-order chi connectivity index (χ0) is 8.43. The van der Waals surface area contributed by atoms with E-state index in [-0.39, 0.29) is 16.4 Å². The van der Waals surface area contributed by atoms with E-state index in [9.17, 15) is 0 Å². The Labute approximate surface area is 68.0 Å². The summed E-state index contributed by atoms with van der Waals surface area (Å²) >= 11 is 4.69. The Balaban J connectivity index is 3.48. The molecule has 0 saturated carbocycles. The Morgan fingerprint density at radius 1 is 1.55 bits per heavy atom. The number of nitrogen functional groups attached to an aromatic ring is 2. The van der Waals surface area contributed by atoms with Crippen molar-refractivity contribution >= 4 is 30.1 Å². The molecule has 0 radical (unpaired) electrons. The lowest BCUT2D eigenvalue weighted by molar-refractivity contribution is 1.15. The highest BCUT2D eigenvalue weighted by molar-refractivity contribution is 7.71. The van der Waals surface area contributed by atoms with Gasteiger partial charge in [0, 0.05) is 6.21 Å². The molecule has 0 atom stereocenters. The first-order valence-electron chi connectivity index (χ1n) is 2.81. The molecule has 0 unspecified atom stereocenters. The van der Waals surface area contributed by atoms with E-state index in [1.54, 1.807) is 0 Å². The number of nitrogens with two attached hydrogens (primary N) is 2. The van der Waals surface area contributed by atoms with Gasteiger partial charge in [0.05, 0.1) is 5.56 Å². The zero-order valence-electron chi connectivity index (χ0n) is 5.59. The molecular weight excluding hydrogens is 162 g/mol. The van der Waals surface area contributed by atoms with E-state index in [2.05, 4.69) is 9.97 Å². The van der Waals surface area contributed by atoms with Crippen LogP contribution in [0.5, 0.6) is 0 Å². The second kappa shape index (κ2) is 2.67. The summed E-state index contributed by atoms with van der Waals surface area (Å²) in [6, 6.07) is 0. The molecule has 0 aliphatic heterocycles. The van der Waals surface area contributed by atoms with E-state index >= 15 is 0 Å². The summed E-state index contributed by atoms with van der Waals surface area (Å²) in [6.45, 7) is 0. The highest BCUT2D eigenvalue weighted by atomic mass is 32.1. The van der Waals surface area contributed by atoms with Crippen LogP contribution < -0.4 is 11.5 Å². The Morgan fingerprint density at radius 2 is 2.18 bits per heavy atom. The van der Waals surface area contributed by atoms with Crippen molar-refractivity contribution in [1.29, 1.82) is 5.41 Å². The molecule has 0 aliphatic carbocycles. The number of hydrogen-bond donors (Lipinski definition) is 4. The SMILES string of the molecule is N=Cc1c(N)nc(=S)[nH]c1N. The number of aromatic nitrogens is 2. The predicted octanol–water partition coefficient (Wildman–Crippen LogP) is 0.301. The third-order valence-electron chi connectivity index (χ3n) is 1.17. The minimum atomic E-state index is 0.182. The van der Waals surface area contributed by atoms with Gasteiger partial charge in [0.25, 0.3) is 0 Å². The van der Waals surface area contributed by atoms with Crippen LogP contribution >= 0.6 is 12.2 Å². The van der Waals surface area contributed by atoms with Gasteiger partial charge in [0.2, 0.25) is 0 Å². The molecule has 1 rings (SSSR count). The first kappa shape index (κ1) is 7.67. The highest BCUT2D eigenvalue weighted by Gasteiger charge is 2.01. The molecule has 11 heavy (non-hydrogen) atoms. The van der Waals surface area contributed by atoms with Crippen LogP contribution in [0.2, 0.25) is 0 Å². The van der Waals surface area contributed by atoms with Crippen LogP contribution in [0.25, 0.3) is 0 Å². The van der Waals surface area contributed by atoms with Crippen molar-refractivity contribution in [2.75, 3.05) is 11.5 Å². The number of aromatic amines is 1. The summed E-state index contributed by atoms with van der Waals surface area (Å²) in [7, 11) is 0. The fourth-order valence-corrected chi connectivity index (χ4v) is 0.878. The lowest BCUT2D eigenvalue weighted by Gasteiger charge is -2.00. The van der Waals surface area contributed by atoms with Gasteiger partial charge in [0.15, 0.2) is 4.77 Å². The van der Waals surface area contributed by atoms with E-state index < -0.39 is 0 Å². The highest BCUT2D eigenvalue weighted by Crippen LogP contribution is 2.10. The van der Waals surface area contributed by atoms with Crippen LogP contribution in [0.15, 0.2) is 0 Å². The van der Waals surface area contributed by atoms with Gasteiger partial charge in [-0.05, 0) is 12.2 Å². The summed E-state index contributed by atoms with van der Waals surface area (Å²) in [5.74, 6) is 0.457. The maximum Gasteiger partial charge on any atom is 0.200 e. The van der Waals surface area contributed by atoms with E-state index in [1.165, 1.54) is 0 Å². The van der Waals surface area contributed by atoms with Crippen LogP contribution in [0.3, 0.4) is 0 Å². The van der Waals surface area contributed by atoms with Gasteiger partial charge < -0.3 is 21.9 Å². The van der Waals surface area contributed by atoms with Gasteiger partial charge in [-0.15, -0.1) is 0 Å². The van der Waals surface area contributed by atoms with Crippen LogP contribution in [-0.2, 0) is 0 Å². The largest absolute Gasteiger partial charge is 0.385 e. The fraction of sp³-hybridized carbons (Fsp3) is 0. The standard InChI is InChI=1S/C5H7N5S/c6-1-2-3(7)9-5(11)10-4(2)8/h1,6H,(H5,7,8,9,10,11). The minimum Gasteiger partial charge on any atom is -0.385 e. The van der Waals surface area contributed by atoms with Gasteiger partial charge in [-0.2, -0.15) is 0 Å². The number of anilines is 2. The molecule has 6 N–H and O–H groups in total. The fourth-order valence-electron chi connectivity index (χ4n) is 0.670. The Hall–Kier alpha value is -1.43. The summed E-state index contributed by atoms with van der Waals surface area (Å²) < 4.78 is 0.227. The van der Waals surface area contributed by atoms with Gasteiger partial charge in [0.1, 0.15) is 11.6 Å². The average Bonchev–Trinajstić information content (AvgIpc) is 1.85. The maximum atomic E-state index is 6.92. The van der Waals surface area contributed by atoms with Gasteiger partial charge in [-0.25, -0.2) is 4.98 Å². The smallest absolute Gasteiger partial charge is 0.200 e. The summed E-state index contributed by atoms with van der Waals surface area (Å²) in [5, 5.41) is 6.92. The normalized spacial score (nSPS) is 9.45. The zero-order valence-corrected chi connectivity index (χ0v) is 6.40. The lowest BCUT2D eigenvalue weighted by Crippen LogP contribution is -2.04. The lowest BCUT2D eigenvalue weighted by atomic mass is 10.3. The van der Waals surface area contributed by atoms with Crippen molar-refractivity contribution in [2.45, 2.75) is 0 Å². The number of H-pyrrole nitrogens is 1. The van der Waals surface area contributed by atoms with Crippen molar-refractivity contribution in [3.05, 3.63) is 10.3 Å². The molecule has 0 amide bonds. The van der Waals surface area contributed by atoms with Crippen LogP contribution in [0.4, 0.5) is 11.6 Å². The molecule has 1 aromatic heterocycles. The molecule has 0 spiro atoms. The van der Waals surface area contributed by atoms with E-state index in [1.807, 2.05) is 0 Å². The topological polar surface area (TPSA) is 105 Å². The number of nitrogens with zero attached hydrogens (tertiary/aromatic N) is 1. The van der Waals surface area contributed by atoms with Crippen LogP contribution in [0, 0.1) is 10.2 Å². The molecular formula is C5H7N5S. The molecule has 5 nitrogen and oxygen atoms in total. The molecule has 0 fully saturated rings. The molecule has 58 valence electrons. The monoisotopic (exact) mass is 169 g/mol. The van der Waals surface area contributed by atoms with Gasteiger partial charge in [-0.1, -0.05) is 0 Å². The Morgan fingerprint density at radius 3 is 2.64 bits per heavy atom. The summed E-state index contributed by atoms with van der Waals surface area (Å²) in [4.78, 5) is 6.29. The third kappa shape index (κ3) is 1.35. The molecule has 1 aromatic rings. The quantitative estimate of drug-likeness (QED) is 0.358. The summed E-state index contributed by atoms with van der Waals surface area (Å²) in [5.41, 5.74) is 11.2. The van der Waals surface area contributed by atoms with Crippen LogP contribution in [-0.4, -0.2) is 16.2 Å². The number of nitrogens with one attached hydrogen (secondary N) is 2. The number of hydrogen-bond acceptors (Lipinski definition) is 5. The Bertz CT molecular complexity index is 315. The molecule has 0 saturated heterocycles. The maximum absolute atomic E-state index is 6.92. The van der Waals surface area contributed by atoms with E-state index in [4.69, 9.17) is 29.1 Å².